The molecular formula is C33H31ClN4O5S. The molecule has 2 fully saturated rings. The van der Waals surface area contributed by atoms with E-state index in [9.17, 15) is 14.4 Å². The average Bonchev–Trinajstić information content (AvgIpc) is 3.73. The van der Waals surface area contributed by atoms with Gasteiger partial charge in [-0.25, -0.2) is 4.79 Å². The summed E-state index contributed by atoms with van der Waals surface area (Å²) < 4.78 is 12.5. The smallest absolute Gasteiger partial charge is 0.327 e. The van der Waals surface area contributed by atoms with Crippen molar-refractivity contribution >= 4 is 51.0 Å². The number of urea groups is 1. The van der Waals surface area contributed by atoms with Crippen LogP contribution in [-0.4, -0.2) is 70.4 Å². The highest BCUT2D eigenvalue weighted by molar-refractivity contribution is 7.19. The predicted octanol–water partition coefficient (Wildman–Crippen LogP) is 5.91. The fourth-order valence-corrected chi connectivity index (χ4v) is 7.63. The Hall–Kier alpha value is -4.15. The highest BCUT2D eigenvalue weighted by atomic mass is 35.5. The SMILES string of the molecule is COc1ccc(CN2C(=O)CN(Cc3cc4nccc(-c5cc(Cl)cc6c5OC(C(=O)N5CCCCC5)C6)c4s3)C2=O)cc1. The number of imide groups is 1. The predicted molar refractivity (Wildman–Crippen MR) is 168 cm³/mol. The zero-order chi connectivity index (χ0) is 30.4. The molecule has 2 aromatic heterocycles. The fraction of sp³-hybridized carbons (Fsp3) is 0.333. The first-order valence-corrected chi connectivity index (χ1v) is 16.0. The molecule has 3 aliphatic rings. The number of ether oxygens (including phenoxy) is 2. The molecule has 4 aromatic rings. The molecular weight excluding hydrogens is 600 g/mol. The van der Waals surface area contributed by atoms with Gasteiger partial charge in [0, 0.05) is 52.3 Å². The van der Waals surface area contributed by atoms with Crippen molar-refractivity contribution in [3.63, 3.8) is 0 Å². The average molecular weight is 631 g/mol. The Labute approximate surface area is 263 Å². The number of piperidine rings is 1. The van der Waals surface area contributed by atoms with E-state index in [0.717, 1.165) is 69.7 Å². The molecule has 11 heteroatoms. The van der Waals surface area contributed by atoms with E-state index in [4.69, 9.17) is 21.1 Å². The lowest BCUT2D eigenvalue weighted by Crippen LogP contribution is -2.43. The van der Waals surface area contributed by atoms with E-state index in [2.05, 4.69) is 4.98 Å². The van der Waals surface area contributed by atoms with Crippen LogP contribution in [0.4, 0.5) is 4.79 Å². The molecule has 9 nitrogen and oxygen atoms in total. The van der Waals surface area contributed by atoms with Crippen LogP contribution in [0.5, 0.6) is 11.5 Å². The molecule has 0 spiro atoms. The Morgan fingerprint density at radius 1 is 1.05 bits per heavy atom. The topological polar surface area (TPSA) is 92.3 Å². The largest absolute Gasteiger partial charge is 0.497 e. The third-order valence-corrected chi connectivity index (χ3v) is 9.83. The number of carbonyl (C=O) groups excluding carboxylic acids is 3. The van der Waals surface area contributed by atoms with Gasteiger partial charge in [0.15, 0.2) is 6.10 Å². The number of rotatable bonds is 7. The number of aromatic nitrogens is 1. The molecule has 0 radical (unpaired) electrons. The minimum Gasteiger partial charge on any atom is -0.497 e. The maximum absolute atomic E-state index is 13.3. The standard InChI is InChI=1S/C33H31ClN4O5S/c1-42-23-7-5-20(6-8-23)17-38-29(39)19-37(33(38)41)18-24-16-27-31(44-24)25(9-10-35-27)26-15-22(34)13-21-14-28(43-30(21)26)32(40)36-11-3-2-4-12-36/h5-10,13,15-16,28H,2-4,11-12,14,17-19H2,1H3. The second kappa shape index (κ2) is 11.7. The van der Waals surface area contributed by atoms with Crippen molar-refractivity contribution in [3.05, 3.63) is 75.8 Å². The van der Waals surface area contributed by atoms with Gasteiger partial charge >= 0.3 is 6.03 Å². The molecule has 3 aliphatic heterocycles. The summed E-state index contributed by atoms with van der Waals surface area (Å²) in [5, 5.41) is 0.577. The Morgan fingerprint density at radius 3 is 2.61 bits per heavy atom. The Bertz CT molecular complexity index is 1770. The number of amides is 4. The number of fused-ring (bicyclic) bond motifs is 2. The molecule has 0 N–H and O–H groups in total. The molecule has 7 rings (SSSR count). The molecule has 4 amide bonds. The van der Waals surface area contributed by atoms with Crippen LogP contribution >= 0.6 is 22.9 Å². The van der Waals surface area contributed by atoms with E-state index in [1.807, 2.05) is 53.4 Å². The van der Waals surface area contributed by atoms with Gasteiger partial charge in [0.25, 0.3) is 11.8 Å². The highest BCUT2D eigenvalue weighted by Gasteiger charge is 2.37. The van der Waals surface area contributed by atoms with Crippen molar-refractivity contribution in [1.82, 2.24) is 19.7 Å². The van der Waals surface area contributed by atoms with Gasteiger partial charge in [-0.3, -0.25) is 19.5 Å². The number of carbonyl (C=O) groups is 3. The minimum absolute atomic E-state index is 0.0194. The fourth-order valence-electron chi connectivity index (χ4n) is 6.23. The first-order valence-electron chi connectivity index (χ1n) is 14.8. The van der Waals surface area contributed by atoms with Gasteiger partial charge in [-0.1, -0.05) is 23.7 Å². The van der Waals surface area contributed by atoms with Crippen LogP contribution in [0, 0.1) is 0 Å². The maximum Gasteiger partial charge on any atom is 0.327 e. The van der Waals surface area contributed by atoms with Crippen molar-refractivity contribution in [3.8, 4) is 22.6 Å². The third kappa shape index (κ3) is 5.37. The lowest BCUT2D eigenvalue weighted by molar-refractivity contribution is -0.138. The van der Waals surface area contributed by atoms with E-state index < -0.39 is 6.10 Å². The maximum atomic E-state index is 13.3. The normalized spacial score (nSPS) is 18.2. The number of hydrogen-bond donors (Lipinski definition) is 0. The van der Waals surface area contributed by atoms with Gasteiger partial charge in [-0.2, -0.15) is 0 Å². The minimum atomic E-state index is -0.559. The number of thiophene rings is 1. The number of nitrogens with zero attached hydrogens (tertiary/aromatic N) is 4. The van der Waals surface area contributed by atoms with Crippen molar-refractivity contribution in [2.24, 2.45) is 0 Å². The zero-order valence-electron chi connectivity index (χ0n) is 24.3. The first-order chi connectivity index (χ1) is 21.4. The molecule has 0 bridgehead atoms. The van der Waals surface area contributed by atoms with Gasteiger partial charge < -0.3 is 19.3 Å². The van der Waals surface area contributed by atoms with Gasteiger partial charge in [0.2, 0.25) is 0 Å². The summed E-state index contributed by atoms with van der Waals surface area (Å²) in [6.07, 6.45) is 4.87. The molecule has 2 aromatic carbocycles. The number of halogens is 1. The van der Waals surface area contributed by atoms with Gasteiger partial charge in [0.05, 0.1) is 30.4 Å². The second-order valence-corrected chi connectivity index (χ2v) is 13.0. The highest BCUT2D eigenvalue weighted by Crippen LogP contribution is 2.45. The zero-order valence-corrected chi connectivity index (χ0v) is 25.8. The van der Waals surface area contributed by atoms with Crippen LogP contribution in [0.1, 0.15) is 35.3 Å². The molecule has 0 aliphatic carbocycles. The summed E-state index contributed by atoms with van der Waals surface area (Å²) >= 11 is 8.12. The van der Waals surface area contributed by atoms with Gasteiger partial charge in [-0.05, 0) is 61.2 Å². The van der Waals surface area contributed by atoms with Crippen molar-refractivity contribution in [1.29, 1.82) is 0 Å². The molecule has 1 unspecified atom stereocenters. The molecule has 226 valence electrons. The molecule has 44 heavy (non-hydrogen) atoms. The molecule has 0 saturated carbocycles. The van der Waals surface area contributed by atoms with E-state index >= 15 is 0 Å². The van der Waals surface area contributed by atoms with Crippen molar-refractivity contribution in [2.75, 3.05) is 26.7 Å². The Balaban J connectivity index is 1.12. The van der Waals surface area contributed by atoms with Crippen LogP contribution in [0.25, 0.3) is 21.3 Å². The summed E-state index contributed by atoms with van der Waals surface area (Å²) in [6, 6.07) is 14.7. The summed E-state index contributed by atoms with van der Waals surface area (Å²) in [6.45, 7) is 2.07. The van der Waals surface area contributed by atoms with Crippen LogP contribution in [-0.2, 0) is 29.1 Å². The van der Waals surface area contributed by atoms with Crippen LogP contribution in [0.3, 0.4) is 0 Å². The van der Waals surface area contributed by atoms with Crippen molar-refractivity contribution in [2.45, 2.75) is 44.9 Å². The quantitative estimate of drug-likeness (QED) is 0.236. The van der Waals surface area contributed by atoms with Crippen LogP contribution in [0.15, 0.2) is 54.7 Å². The number of benzene rings is 2. The number of methoxy groups -OCH3 is 1. The summed E-state index contributed by atoms with van der Waals surface area (Å²) in [5.41, 5.74) is 4.27. The summed E-state index contributed by atoms with van der Waals surface area (Å²) in [7, 11) is 1.59. The number of pyridine rings is 1. The number of likely N-dealkylation sites (tertiary alicyclic amines) is 1. The van der Waals surface area contributed by atoms with Gasteiger partial charge in [-0.15, -0.1) is 11.3 Å². The van der Waals surface area contributed by atoms with E-state index in [-0.39, 0.29) is 30.9 Å². The van der Waals surface area contributed by atoms with Crippen LogP contribution < -0.4 is 9.47 Å². The van der Waals surface area contributed by atoms with E-state index in [0.29, 0.717) is 29.5 Å². The van der Waals surface area contributed by atoms with Crippen LogP contribution in [0.2, 0.25) is 5.02 Å². The van der Waals surface area contributed by atoms with Gasteiger partial charge in [0.1, 0.15) is 18.0 Å². The summed E-state index contributed by atoms with van der Waals surface area (Å²) in [4.78, 5) is 49.6. The first kappa shape index (κ1) is 28.6. The number of hydrogen-bond acceptors (Lipinski definition) is 7. The summed E-state index contributed by atoms with van der Waals surface area (Å²) in [5.74, 6) is 1.20. The lowest BCUT2D eigenvalue weighted by atomic mass is 10.0. The monoisotopic (exact) mass is 630 g/mol. The van der Waals surface area contributed by atoms with E-state index in [1.54, 1.807) is 18.2 Å². The lowest BCUT2D eigenvalue weighted by Gasteiger charge is -2.28. The Kier molecular flexibility index (Phi) is 7.63. The third-order valence-electron chi connectivity index (χ3n) is 8.47. The molecule has 2 saturated heterocycles. The second-order valence-electron chi connectivity index (χ2n) is 11.4. The Morgan fingerprint density at radius 2 is 1.84 bits per heavy atom. The molecule has 1 atom stereocenters. The molecule has 5 heterocycles. The van der Waals surface area contributed by atoms with E-state index in [1.165, 1.54) is 16.2 Å². The van der Waals surface area contributed by atoms with Crippen molar-refractivity contribution < 1.29 is 23.9 Å².